The van der Waals surface area contributed by atoms with Gasteiger partial charge in [-0.3, -0.25) is 4.90 Å². The zero-order chi connectivity index (χ0) is 28.1. The van der Waals surface area contributed by atoms with Gasteiger partial charge in [-0.1, -0.05) is 45.0 Å². The van der Waals surface area contributed by atoms with Crippen LogP contribution in [0.15, 0.2) is 42.5 Å². The normalized spacial score (nSPS) is 17.2. The van der Waals surface area contributed by atoms with Crippen molar-refractivity contribution in [2.24, 2.45) is 5.41 Å². The number of nitrogens with two attached hydrogens (primary N) is 1. The molecule has 0 aliphatic carbocycles. The van der Waals surface area contributed by atoms with Gasteiger partial charge in [0.25, 0.3) is 0 Å². The minimum atomic E-state index is -0.653. The van der Waals surface area contributed by atoms with Gasteiger partial charge in [0.2, 0.25) is 5.79 Å². The molecule has 2 aliphatic rings. The molecule has 0 bridgehead atoms. The fraction of sp³-hybridized carbons (Fsp3) is 0.455. The Morgan fingerprint density at radius 1 is 1.00 bits per heavy atom. The molecule has 1 unspecified atom stereocenters. The van der Waals surface area contributed by atoms with Crippen molar-refractivity contribution in [1.29, 1.82) is 0 Å². The molecule has 2 aliphatic heterocycles. The number of rotatable bonds is 5. The second-order valence-electron chi connectivity index (χ2n) is 12.5. The van der Waals surface area contributed by atoms with Gasteiger partial charge in [0.1, 0.15) is 12.4 Å². The highest BCUT2D eigenvalue weighted by Crippen LogP contribution is 2.46. The number of nitrogen functional groups attached to an aromatic ring is 1. The van der Waals surface area contributed by atoms with Crippen LogP contribution in [0.3, 0.4) is 0 Å². The van der Waals surface area contributed by atoms with Crippen molar-refractivity contribution in [1.82, 2.24) is 4.90 Å². The third-order valence-corrected chi connectivity index (χ3v) is 8.00. The Kier molecular flexibility index (Phi) is 6.96. The summed E-state index contributed by atoms with van der Waals surface area (Å²) in [5.41, 5.74) is 15.9. The van der Waals surface area contributed by atoms with E-state index < -0.39 is 5.79 Å². The Morgan fingerprint density at radius 2 is 1.72 bits per heavy atom. The molecule has 3 aromatic rings. The predicted molar refractivity (Wildman–Crippen MR) is 159 cm³/mol. The highest BCUT2D eigenvalue weighted by molar-refractivity contribution is 5.72. The summed E-state index contributed by atoms with van der Waals surface area (Å²) in [5.74, 6) is 1.98. The smallest absolute Gasteiger partial charge is 0.246 e. The molecule has 2 heterocycles. The van der Waals surface area contributed by atoms with Crippen molar-refractivity contribution >= 4 is 11.4 Å². The summed E-state index contributed by atoms with van der Waals surface area (Å²) in [4.78, 5) is 2.46. The molecule has 5 rings (SSSR count). The lowest BCUT2D eigenvalue weighted by molar-refractivity contribution is -0.0432. The summed E-state index contributed by atoms with van der Waals surface area (Å²) >= 11 is 0. The first kappa shape index (κ1) is 27.2. The van der Waals surface area contributed by atoms with Gasteiger partial charge in [0, 0.05) is 58.1 Å². The summed E-state index contributed by atoms with van der Waals surface area (Å²) in [5, 5.41) is 3.22. The second kappa shape index (κ2) is 9.98. The van der Waals surface area contributed by atoms with E-state index in [1.807, 2.05) is 27.0 Å². The highest BCUT2D eigenvalue weighted by atomic mass is 16.7. The van der Waals surface area contributed by atoms with E-state index in [0.29, 0.717) is 6.61 Å². The van der Waals surface area contributed by atoms with Gasteiger partial charge in [-0.2, -0.15) is 0 Å². The Labute approximate surface area is 233 Å². The van der Waals surface area contributed by atoms with Crippen LogP contribution in [0.25, 0.3) is 0 Å². The first-order valence-electron chi connectivity index (χ1n) is 13.9. The molecular formula is C33H43N3O3. The molecule has 1 atom stereocenters. The van der Waals surface area contributed by atoms with Crippen LogP contribution < -0.4 is 25.3 Å². The van der Waals surface area contributed by atoms with Crippen LogP contribution in [0.5, 0.6) is 17.2 Å². The molecular weight excluding hydrogens is 486 g/mol. The molecule has 39 heavy (non-hydrogen) atoms. The maximum atomic E-state index is 6.54. The second-order valence-corrected chi connectivity index (χ2v) is 12.5. The van der Waals surface area contributed by atoms with Crippen LogP contribution in [0.2, 0.25) is 0 Å². The summed E-state index contributed by atoms with van der Waals surface area (Å²) < 4.78 is 18.1. The summed E-state index contributed by atoms with van der Waals surface area (Å²) in [7, 11) is 1.92. The molecule has 0 saturated heterocycles. The van der Waals surface area contributed by atoms with Crippen molar-refractivity contribution in [3.05, 3.63) is 75.8 Å². The molecule has 0 spiro atoms. The topological polar surface area (TPSA) is 69.0 Å². The van der Waals surface area contributed by atoms with Gasteiger partial charge in [-0.15, -0.1) is 0 Å². The van der Waals surface area contributed by atoms with Crippen molar-refractivity contribution in [3.8, 4) is 17.2 Å². The Hall–Kier alpha value is -3.38. The third-order valence-electron chi connectivity index (χ3n) is 8.00. The van der Waals surface area contributed by atoms with E-state index in [9.17, 15) is 0 Å². The van der Waals surface area contributed by atoms with E-state index in [4.69, 9.17) is 19.9 Å². The molecule has 0 amide bonds. The largest absolute Gasteiger partial charge is 0.492 e. The van der Waals surface area contributed by atoms with Gasteiger partial charge in [0.05, 0.1) is 11.4 Å². The van der Waals surface area contributed by atoms with Gasteiger partial charge in [-0.05, 0) is 59.2 Å². The minimum absolute atomic E-state index is 0.0104. The van der Waals surface area contributed by atoms with E-state index in [1.165, 1.54) is 22.3 Å². The fourth-order valence-electron chi connectivity index (χ4n) is 6.00. The number of hydrogen-bond acceptors (Lipinski definition) is 6. The van der Waals surface area contributed by atoms with Crippen LogP contribution in [0.4, 0.5) is 11.4 Å². The predicted octanol–water partition coefficient (Wildman–Crippen LogP) is 7.01. The number of fused-ring (bicyclic) bond motifs is 2. The summed E-state index contributed by atoms with van der Waals surface area (Å²) in [6, 6.07) is 15.4. The molecule has 6 nitrogen and oxygen atoms in total. The third kappa shape index (κ3) is 5.40. The van der Waals surface area contributed by atoms with E-state index in [0.717, 1.165) is 59.4 Å². The number of ether oxygens (including phenoxy) is 3. The SMILES string of the molecule is CNc1ccc(C(c2ccc(C)c(CN3CCOc4cc5c(cc4C3)OC(C)(C)O5)c2)C(C)(C)C)c(C)c1N. The Morgan fingerprint density at radius 3 is 2.41 bits per heavy atom. The maximum Gasteiger partial charge on any atom is 0.246 e. The lowest BCUT2D eigenvalue weighted by Gasteiger charge is -2.34. The fourth-order valence-corrected chi connectivity index (χ4v) is 6.00. The van der Waals surface area contributed by atoms with Gasteiger partial charge in [-0.25, -0.2) is 0 Å². The lowest BCUT2D eigenvalue weighted by atomic mass is 9.71. The van der Waals surface area contributed by atoms with Crippen molar-refractivity contribution in [3.63, 3.8) is 0 Å². The van der Waals surface area contributed by atoms with Gasteiger partial charge >= 0.3 is 0 Å². The van der Waals surface area contributed by atoms with Crippen LogP contribution >= 0.6 is 0 Å². The number of nitrogens with zero attached hydrogens (tertiary/aromatic N) is 1. The lowest BCUT2D eigenvalue weighted by Crippen LogP contribution is -2.29. The molecule has 0 radical (unpaired) electrons. The number of nitrogens with one attached hydrogen (secondary N) is 1. The Balaban J connectivity index is 1.45. The van der Waals surface area contributed by atoms with Crippen LogP contribution in [-0.2, 0) is 13.1 Å². The standard InChI is InChI=1S/C33H43N3O3/c1-20-9-10-22(30(32(3,4)5)25-11-12-26(35-8)31(34)21(25)2)15-23(20)18-36-13-14-37-27-17-29-28(16-24(27)19-36)38-33(6,7)39-29/h9-12,15-17,30,35H,13-14,18-19,34H2,1-8H3. The monoisotopic (exact) mass is 529 g/mol. The van der Waals surface area contributed by atoms with Crippen molar-refractivity contribution in [2.45, 2.75) is 73.3 Å². The van der Waals surface area contributed by atoms with Crippen molar-refractivity contribution < 1.29 is 14.2 Å². The van der Waals surface area contributed by atoms with Crippen LogP contribution in [0.1, 0.15) is 73.9 Å². The number of aryl methyl sites for hydroxylation is 1. The number of anilines is 2. The average Bonchev–Trinajstić information content (AvgIpc) is 3.02. The average molecular weight is 530 g/mol. The number of hydrogen-bond donors (Lipinski definition) is 2. The quantitative estimate of drug-likeness (QED) is 0.347. The highest BCUT2D eigenvalue weighted by Gasteiger charge is 2.34. The van der Waals surface area contributed by atoms with Crippen LogP contribution in [-0.4, -0.2) is 30.9 Å². The van der Waals surface area contributed by atoms with E-state index >= 15 is 0 Å². The van der Waals surface area contributed by atoms with E-state index in [2.05, 4.69) is 81.2 Å². The zero-order valence-corrected chi connectivity index (χ0v) is 24.7. The zero-order valence-electron chi connectivity index (χ0n) is 24.7. The first-order valence-corrected chi connectivity index (χ1v) is 13.9. The minimum Gasteiger partial charge on any atom is -0.492 e. The first-order chi connectivity index (χ1) is 18.4. The molecule has 208 valence electrons. The summed E-state index contributed by atoms with van der Waals surface area (Å²) in [6.45, 7) is 18.3. The van der Waals surface area contributed by atoms with Gasteiger partial charge < -0.3 is 25.3 Å². The Bertz CT molecular complexity index is 1390. The van der Waals surface area contributed by atoms with Crippen LogP contribution in [0, 0.1) is 19.3 Å². The molecule has 3 aromatic carbocycles. The van der Waals surface area contributed by atoms with E-state index in [-0.39, 0.29) is 11.3 Å². The number of benzene rings is 3. The molecule has 6 heteroatoms. The molecule has 0 saturated carbocycles. The van der Waals surface area contributed by atoms with Crippen molar-refractivity contribution in [2.75, 3.05) is 31.2 Å². The maximum absolute atomic E-state index is 6.54. The summed E-state index contributed by atoms with van der Waals surface area (Å²) in [6.07, 6.45) is 0. The molecule has 3 N–H and O–H groups in total. The van der Waals surface area contributed by atoms with E-state index in [1.54, 1.807) is 0 Å². The molecule has 0 aromatic heterocycles. The van der Waals surface area contributed by atoms with Gasteiger partial charge in [0.15, 0.2) is 11.5 Å². The molecule has 0 fully saturated rings.